The fraction of sp³-hybridized carbons (Fsp3) is 0.917. The predicted molar refractivity (Wildman–Crippen MR) is 64.3 cm³/mol. The molecule has 0 aromatic rings. The molecule has 0 radical (unpaired) electrons. The third-order valence-electron chi connectivity index (χ3n) is 3.92. The molecule has 0 spiro atoms. The molecule has 4 nitrogen and oxygen atoms in total. The van der Waals surface area contributed by atoms with Crippen LogP contribution in [0.3, 0.4) is 0 Å². The summed E-state index contributed by atoms with van der Waals surface area (Å²) in [5.41, 5.74) is 0. The Balaban J connectivity index is 1.90. The van der Waals surface area contributed by atoms with E-state index < -0.39 is 0 Å². The molecule has 2 rings (SSSR count). The van der Waals surface area contributed by atoms with Crippen molar-refractivity contribution in [1.82, 2.24) is 15.1 Å². The van der Waals surface area contributed by atoms with Crippen molar-refractivity contribution in [3.63, 3.8) is 0 Å². The van der Waals surface area contributed by atoms with Gasteiger partial charge in [-0.25, -0.2) is 0 Å². The van der Waals surface area contributed by atoms with Crippen LogP contribution in [-0.4, -0.2) is 61.0 Å². The molecule has 2 saturated heterocycles. The first-order valence-electron chi connectivity index (χ1n) is 6.39. The largest absolute Gasteiger partial charge is 0.342 e. The molecule has 0 aromatic heterocycles. The van der Waals surface area contributed by atoms with Crippen molar-refractivity contribution in [3.8, 4) is 0 Å². The van der Waals surface area contributed by atoms with Gasteiger partial charge in [-0.15, -0.1) is 0 Å². The highest BCUT2D eigenvalue weighted by Crippen LogP contribution is 2.17. The molecule has 2 heterocycles. The Morgan fingerprint density at radius 3 is 2.62 bits per heavy atom. The van der Waals surface area contributed by atoms with Gasteiger partial charge in [0.1, 0.15) is 0 Å². The molecule has 0 unspecified atom stereocenters. The zero-order chi connectivity index (χ0) is 11.5. The zero-order valence-corrected chi connectivity index (χ0v) is 10.4. The van der Waals surface area contributed by atoms with Gasteiger partial charge >= 0.3 is 0 Å². The number of hydrogen-bond donors (Lipinski definition) is 1. The zero-order valence-electron chi connectivity index (χ0n) is 10.4. The molecule has 4 heteroatoms. The molecule has 16 heavy (non-hydrogen) atoms. The van der Waals surface area contributed by atoms with E-state index in [0.29, 0.717) is 6.04 Å². The maximum absolute atomic E-state index is 11.3. The summed E-state index contributed by atoms with van der Waals surface area (Å²) in [5.74, 6) is 0.961. The van der Waals surface area contributed by atoms with Crippen LogP contribution in [0.25, 0.3) is 0 Å². The van der Waals surface area contributed by atoms with E-state index in [0.717, 1.165) is 51.6 Å². The summed E-state index contributed by atoms with van der Waals surface area (Å²) < 4.78 is 0. The average molecular weight is 225 g/mol. The highest BCUT2D eigenvalue weighted by Gasteiger charge is 2.30. The fourth-order valence-electron chi connectivity index (χ4n) is 2.87. The topological polar surface area (TPSA) is 35.6 Å². The summed E-state index contributed by atoms with van der Waals surface area (Å²) in [6, 6.07) is 0.673. The first-order chi connectivity index (χ1) is 7.68. The van der Waals surface area contributed by atoms with Crippen molar-refractivity contribution in [1.29, 1.82) is 0 Å². The van der Waals surface area contributed by atoms with Crippen molar-refractivity contribution in [2.75, 3.05) is 39.3 Å². The third-order valence-corrected chi connectivity index (χ3v) is 3.92. The number of carbonyl (C=O) groups excluding carboxylic acids is 1. The molecule has 0 saturated carbocycles. The maximum atomic E-state index is 11.3. The second kappa shape index (κ2) is 5.15. The Labute approximate surface area is 98.0 Å². The van der Waals surface area contributed by atoms with Crippen molar-refractivity contribution in [2.45, 2.75) is 26.3 Å². The van der Waals surface area contributed by atoms with Gasteiger partial charge in [-0.05, 0) is 18.9 Å². The summed E-state index contributed by atoms with van der Waals surface area (Å²) in [7, 11) is 0. The molecular weight excluding hydrogens is 202 g/mol. The molecule has 0 aliphatic carbocycles. The van der Waals surface area contributed by atoms with E-state index in [1.54, 1.807) is 6.92 Å². The first-order valence-corrected chi connectivity index (χ1v) is 6.39. The predicted octanol–water partition coefficient (Wildman–Crippen LogP) is 0.149. The maximum Gasteiger partial charge on any atom is 0.219 e. The van der Waals surface area contributed by atoms with E-state index >= 15 is 0 Å². The molecule has 2 aliphatic heterocycles. The normalized spacial score (nSPS) is 32.8. The molecule has 2 fully saturated rings. The van der Waals surface area contributed by atoms with E-state index in [1.165, 1.54) is 0 Å². The van der Waals surface area contributed by atoms with Gasteiger partial charge in [0.25, 0.3) is 0 Å². The van der Waals surface area contributed by atoms with Gasteiger partial charge in [0.15, 0.2) is 0 Å². The first kappa shape index (κ1) is 11.9. The van der Waals surface area contributed by atoms with Crippen LogP contribution < -0.4 is 5.32 Å². The van der Waals surface area contributed by atoms with Crippen LogP contribution in [-0.2, 0) is 4.79 Å². The quantitative estimate of drug-likeness (QED) is 0.690. The van der Waals surface area contributed by atoms with Gasteiger partial charge < -0.3 is 10.2 Å². The molecule has 1 amide bonds. The number of amides is 1. The van der Waals surface area contributed by atoms with Crippen molar-refractivity contribution in [2.24, 2.45) is 5.92 Å². The van der Waals surface area contributed by atoms with Gasteiger partial charge in [-0.3, -0.25) is 9.69 Å². The summed E-state index contributed by atoms with van der Waals surface area (Å²) in [4.78, 5) is 15.9. The number of carbonyl (C=O) groups is 1. The van der Waals surface area contributed by atoms with Crippen LogP contribution in [0.2, 0.25) is 0 Å². The lowest BCUT2D eigenvalue weighted by Gasteiger charge is -2.29. The summed E-state index contributed by atoms with van der Waals surface area (Å²) in [6.07, 6.45) is 1.11. The highest BCUT2D eigenvalue weighted by atomic mass is 16.2. The van der Waals surface area contributed by atoms with Crippen LogP contribution in [0.15, 0.2) is 0 Å². The van der Waals surface area contributed by atoms with E-state index in [-0.39, 0.29) is 5.91 Å². The lowest BCUT2D eigenvalue weighted by molar-refractivity contribution is -0.128. The van der Waals surface area contributed by atoms with Crippen molar-refractivity contribution < 1.29 is 4.79 Å². The van der Waals surface area contributed by atoms with E-state index in [1.807, 2.05) is 4.90 Å². The number of nitrogens with one attached hydrogen (secondary N) is 1. The Bertz CT molecular complexity index is 257. The second-order valence-corrected chi connectivity index (χ2v) is 5.10. The standard InChI is InChI=1S/C12H23N3O/c1-10-8-13-9-12(10)15-5-3-4-14(6-7-15)11(2)16/h10,12-13H,3-9H2,1-2H3/t10-,12-/m0/s1. The smallest absolute Gasteiger partial charge is 0.219 e. The van der Waals surface area contributed by atoms with E-state index in [2.05, 4.69) is 17.1 Å². The van der Waals surface area contributed by atoms with Crippen LogP contribution in [0.5, 0.6) is 0 Å². The SMILES string of the molecule is CC(=O)N1CCCN([C@H]2CNC[C@@H]2C)CC1. The van der Waals surface area contributed by atoms with Gasteiger partial charge in [-0.2, -0.15) is 0 Å². The summed E-state index contributed by atoms with van der Waals surface area (Å²) in [5, 5.41) is 3.45. The third kappa shape index (κ3) is 2.55. The second-order valence-electron chi connectivity index (χ2n) is 5.10. The van der Waals surface area contributed by atoms with Crippen LogP contribution in [0.4, 0.5) is 0 Å². The van der Waals surface area contributed by atoms with Gasteiger partial charge in [-0.1, -0.05) is 6.92 Å². The monoisotopic (exact) mass is 225 g/mol. The minimum absolute atomic E-state index is 0.222. The Morgan fingerprint density at radius 1 is 1.19 bits per heavy atom. The van der Waals surface area contributed by atoms with Gasteiger partial charge in [0, 0.05) is 45.7 Å². The fourth-order valence-corrected chi connectivity index (χ4v) is 2.87. The molecule has 92 valence electrons. The number of rotatable bonds is 1. The van der Waals surface area contributed by atoms with Crippen molar-refractivity contribution >= 4 is 5.91 Å². The van der Waals surface area contributed by atoms with Crippen LogP contribution >= 0.6 is 0 Å². The summed E-state index contributed by atoms with van der Waals surface area (Å²) >= 11 is 0. The van der Waals surface area contributed by atoms with Gasteiger partial charge in [0.05, 0.1) is 0 Å². The molecule has 0 bridgehead atoms. The number of nitrogens with zero attached hydrogens (tertiary/aromatic N) is 2. The lowest BCUT2D eigenvalue weighted by atomic mass is 10.0. The molecule has 1 N–H and O–H groups in total. The summed E-state index contributed by atoms with van der Waals surface area (Å²) in [6.45, 7) is 10.3. The molecular formula is C12H23N3O. The van der Waals surface area contributed by atoms with E-state index in [4.69, 9.17) is 0 Å². The minimum atomic E-state index is 0.222. The molecule has 0 aromatic carbocycles. The molecule has 2 atom stereocenters. The Morgan fingerprint density at radius 2 is 2.00 bits per heavy atom. The number of hydrogen-bond acceptors (Lipinski definition) is 3. The Hall–Kier alpha value is -0.610. The minimum Gasteiger partial charge on any atom is -0.342 e. The van der Waals surface area contributed by atoms with Crippen molar-refractivity contribution in [3.05, 3.63) is 0 Å². The average Bonchev–Trinajstić information content (AvgIpc) is 2.54. The van der Waals surface area contributed by atoms with Gasteiger partial charge in [0.2, 0.25) is 5.91 Å². The van der Waals surface area contributed by atoms with Crippen LogP contribution in [0.1, 0.15) is 20.3 Å². The van der Waals surface area contributed by atoms with E-state index in [9.17, 15) is 4.79 Å². The molecule has 2 aliphatic rings. The van der Waals surface area contributed by atoms with Crippen LogP contribution in [0, 0.1) is 5.92 Å². The highest BCUT2D eigenvalue weighted by molar-refractivity contribution is 5.73. The Kier molecular flexibility index (Phi) is 3.82. The lowest BCUT2D eigenvalue weighted by Crippen LogP contribution is -2.42.